The van der Waals surface area contributed by atoms with E-state index in [-0.39, 0.29) is 5.75 Å². The fourth-order valence-corrected chi connectivity index (χ4v) is 3.83. The Bertz CT molecular complexity index is 1010. The Morgan fingerprint density at radius 1 is 1.00 bits per heavy atom. The zero-order valence-electron chi connectivity index (χ0n) is 16.2. The molecule has 4 rings (SSSR count). The van der Waals surface area contributed by atoms with Crippen LogP contribution < -0.4 is 4.90 Å². The number of aliphatic hydroxyl groups excluding tert-OH is 1. The zero-order valence-corrected chi connectivity index (χ0v) is 16.2. The van der Waals surface area contributed by atoms with Gasteiger partial charge >= 0.3 is 6.09 Å². The number of nitrogens with zero attached hydrogens (tertiary/aromatic N) is 1. The van der Waals surface area contributed by atoms with Gasteiger partial charge in [0.2, 0.25) is 0 Å². The van der Waals surface area contributed by atoms with E-state index in [1.807, 2.05) is 30.3 Å². The predicted molar refractivity (Wildman–Crippen MR) is 111 cm³/mol. The maximum atomic E-state index is 13.4. The third kappa shape index (κ3) is 4.14. The van der Waals surface area contributed by atoms with Crippen molar-refractivity contribution in [1.82, 2.24) is 0 Å². The normalized spacial score (nSPS) is 19.5. The fourth-order valence-electron chi connectivity index (χ4n) is 3.83. The van der Waals surface area contributed by atoms with E-state index in [2.05, 4.69) is 0 Å². The van der Waals surface area contributed by atoms with Gasteiger partial charge < -0.3 is 14.9 Å². The Morgan fingerprint density at radius 2 is 1.73 bits per heavy atom. The van der Waals surface area contributed by atoms with Crippen LogP contribution >= 0.6 is 0 Å². The number of rotatable bonds is 6. The van der Waals surface area contributed by atoms with Crippen LogP contribution in [0.5, 0.6) is 5.75 Å². The SMILES string of the molecule is O=C1O[C@H]([C@H](O)CCc2ccccc2)[C@@H](c2cccc(O)c2)N1c1ccc(F)cc1. The second-order valence-electron chi connectivity index (χ2n) is 7.33. The van der Waals surface area contributed by atoms with Crippen LogP contribution in [0.3, 0.4) is 0 Å². The highest BCUT2D eigenvalue weighted by Gasteiger charge is 2.46. The van der Waals surface area contributed by atoms with E-state index >= 15 is 0 Å². The number of aromatic hydroxyl groups is 1. The number of phenolic OH excluding ortho intramolecular Hbond substituents is 1. The second-order valence-corrected chi connectivity index (χ2v) is 7.33. The van der Waals surface area contributed by atoms with Gasteiger partial charge in [-0.1, -0.05) is 42.5 Å². The van der Waals surface area contributed by atoms with Gasteiger partial charge in [0.1, 0.15) is 17.6 Å². The maximum Gasteiger partial charge on any atom is 0.415 e. The molecule has 0 aliphatic carbocycles. The molecule has 1 aliphatic heterocycles. The van der Waals surface area contributed by atoms with Gasteiger partial charge in [0, 0.05) is 5.69 Å². The molecular weight excluding hydrogens is 385 g/mol. The number of ether oxygens (including phenoxy) is 1. The third-order valence-electron chi connectivity index (χ3n) is 5.29. The molecule has 30 heavy (non-hydrogen) atoms. The molecule has 0 spiro atoms. The van der Waals surface area contributed by atoms with Crippen molar-refractivity contribution in [2.24, 2.45) is 0 Å². The minimum absolute atomic E-state index is 0.0448. The van der Waals surface area contributed by atoms with E-state index < -0.39 is 30.2 Å². The summed E-state index contributed by atoms with van der Waals surface area (Å²) in [5, 5.41) is 20.9. The smallest absolute Gasteiger partial charge is 0.415 e. The number of aliphatic hydroxyl groups is 1. The number of halogens is 1. The highest BCUT2D eigenvalue weighted by molar-refractivity contribution is 5.91. The van der Waals surface area contributed by atoms with Crippen LogP contribution in [0.15, 0.2) is 78.9 Å². The fraction of sp³-hybridized carbons (Fsp3) is 0.208. The van der Waals surface area contributed by atoms with Crippen molar-refractivity contribution in [3.63, 3.8) is 0 Å². The van der Waals surface area contributed by atoms with Gasteiger partial charge in [-0.3, -0.25) is 4.90 Å². The predicted octanol–water partition coefficient (Wildman–Crippen LogP) is 4.59. The Kier molecular flexibility index (Phi) is 5.68. The number of hydrogen-bond acceptors (Lipinski definition) is 4. The van der Waals surface area contributed by atoms with E-state index in [0.717, 1.165) is 5.56 Å². The standard InChI is InChI=1S/C24H22FNO4/c25-18-10-12-19(13-11-18)26-22(17-7-4-8-20(27)15-17)23(30-24(26)29)21(28)14-9-16-5-2-1-3-6-16/h1-8,10-13,15,21-23,27-28H,9,14H2/t21-,22-,23-/m1/s1. The lowest BCUT2D eigenvalue weighted by atomic mass is 9.93. The van der Waals surface area contributed by atoms with E-state index in [1.54, 1.807) is 18.2 Å². The van der Waals surface area contributed by atoms with Gasteiger partial charge in [0.25, 0.3) is 0 Å². The highest BCUT2D eigenvalue weighted by atomic mass is 19.1. The van der Waals surface area contributed by atoms with Crippen LogP contribution in [0.1, 0.15) is 23.6 Å². The van der Waals surface area contributed by atoms with Crippen LogP contribution in [-0.4, -0.2) is 28.5 Å². The van der Waals surface area contributed by atoms with E-state index in [0.29, 0.717) is 24.1 Å². The number of amides is 1. The first-order chi connectivity index (χ1) is 14.5. The van der Waals surface area contributed by atoms with Crippen molar-refractivity contribution in [2.45, 2.75) is 31.1 Å². The minimum Gasteiger partial charge on any atom is -0.508 e. The molecule has 1 aliphatic rings. The first kappa shape index (κ1) is 19.9. The quantitative estimate of drug-likeness (QED) is 0.627. The summed E-state index contributed by atoms with van der Waals surface area (Å²) < 4.78 is 19.0. The first-order valence-corrected chi connectivity index (χ1v) is 9.79. The number of hydrogen-bond donors (Lipinski definition) is 2. The van der Waals surface area contributed by atoms with Crippen LogP contribution in [0, 0.1) is 5.82 Å². The van der Waals surface area contributed by atoms with Crippen LogP contribution in [-0.2, 0) is 11.2 Å². The summed E-state index contributed by atoms with van der Waals surface area (Å²) in [5.41, 5.74) is 2.15. The molecule has 1 amide bonds. The van der Waals surface area contributed by atoms with Crippen molar-refractivity contribution < 1.29 is 24.1 Å². The van der Waals surface area contributed by atoms with Crippen molar-refractivity contribution in [2.75, 3.05) is 4.90 Å². The van der Waals surface area contributed by atoms with E-state index in [4.69, 9.17) is 4.74 Å². The van der Waals surface area contributed by atoms with Crippen molar-refractivity contribution in [3.8, 4) is 5.75 Å². The number of cyclic esters (lactones) is 1. The topological polar surface area (TPSA) is 70.0 Å². The number of carbonyl (C=O) groups excluding carboxylic acids is 1. The minimum atomic E-state index is -0.924. The maximum absolute atomic E-state index is 13.4. The Labute approximate surface area is 174 Å². The number of carbonyl (C=O) groups is 1. The Balaban J connectivity index is 1.64. The molecule has 5 nitrogen and oxygen atoms in total. The van der Waals surface area contributed by atoms with Gasteiger partial charge in [-0.05, 0) is 60.4 Å². The molecule has 1 fully saturated rings. The summed E-state index contributed by atoms with van der Waals surface area (Å²) in [4.78, 5) is 14.1. The average Bonchev–Trinajstić information content (AvgIpc) is 3.10. The van der Waals surface area contributed by atoms with Crippen molar-refractivity contribution in [3.05, 3.63) is 95.8 Å². The molecule has 1 saturated heterocycles. The number of phenols is 1. The molecule has 1 heterocycles. The largest absolute Gasteiger partial charge is 0.508 e. The zero-order chi connectivity index (χ0) is 21.1. The Morgan fingerprint density at radius 3 is 2.43 bits per heavy atom. The molecule has 3 aromatic carbocycles. The Hall–Kier alpha value is -3.38. The summed E-state index contributed by atoms with van der Waals surface area (Å²) in [6.07, 6.45) is -1.37. The average molecular weight is 407 g/mol. The van der Waals surface area contributed by atoms with Gasteiger partial charge in [-0.15, -0.1) is 0 Å². The first-order valence-electron chi connectivity index (χ1n) is 9.79. The molecule has 0 aromatic heterocycles. The van der Waals surface area contributed by atoms with Crippen LogP contribution in [0.2, 0.25) is 0 Å². The summed E-state index contributed by atoms with van der Waals surface area (Å²) in [6, 6.07) is 21.1. The molecule has 3 aromatic rings. The van der Waals surface area contributed by atoms with Gasteiger partial charge in [0.05, 0.1) is 6.10 Å². The second kappa shape index (κ2) is 8.55. The van der Waals surface area contributed by atoms with E-state index in [9.17, 15) is 19.4 Å². The molecule has 3 atom stereocenters. The van der Waals surface area contributed by atoms with Crippen LogP contribution in [0.4, 0.5) is 14.9 Å². The summed E-state index contributed by atoms with van der Waals surface area (Å²) >= 11 is 0. The van der Waals surface area contributed by atoms with Crippen LogP contribution in [0.25, 0.3) is 0 Å². The van der Waals surface area contributed by atoms with Gasteiger partial charge in [-0.25, -0.2) is 9.18 Å². The molecule has 0 saturated carbocycles. The number of aryl methyl sites for hydroxylation is 1. The third-order valence-corrected chi connectivity index (χ3v) is 5.29. The van der Waals surface area contributed by atoms with E-state index in [1.165, 1.54) is 35.2 Å². The molecule has 0 unspecified atom stereocenters. The van der Waals surface area contributed by atoms with Gasteiger partial charge in [-0.2, -0.15) is 0 Å². The lowest BCUT2D eigenvalue weighted by Gasteiger charge is -2.27. The molecular formula is C24H22FNO4. The molecule has 154 valence electrons. The summed E-state index contributed by atoms with van der Waals surface area (Å²) in [6.45, 7) is 0. The molecule has 6 heteroatoms. The monoisotopic (exact) mass is 407 g/mol. The summed E-state index contributed by atoms with van der Waals surface area (Å²) in [5.74, 6) is -0.372. The molecule has 0 radical (unpaired) electrons. The highest BCUT2D eigenvalue weighted by Crippen LogP contribution is 2.40. The molecule has 0 bridgehead atoms. The van der Waals surface area contributed by atoms with Crippen molar-refractivity contribution in [1.29, 1.82) is 0 Å². The van der Waals surface area contributed by atoms with Crippen molar-refractivity contribution >= 4 is 11.8 Å². The number of anilines is 1. The summed E-state index contributed by atoms with van der Waals surface area (Å²) in [7, 11) is 0. The number of benzene rings is 3. The van der Waals surface area contributed by atoms with Gasteiger partial charge in [0.15, 0.2) is 6.10 Å². The lowest BCUT2D eigenvalue weighted by molar-refractivity contribution is 0.0146. The lowest BCUT2D eigenvalue weighted by Crippen LogP contribution is -2.35. The molecule has 2 N–H and O–H groups in total.